The first kappa shape index (κ1) is 15.2. The molecule has 3 nitrogen and oxygen atoms in total. The highest BCUT2D eigenvalue weighted by atomic mass is 35.5. The highest BCUT2D eigenvalue weighted by Gasteiger charge is 2.18. The zero-order valence-corrected chi connectivity index (χ0v) is 12.4. The zero-order valence-electron chi connectivity index (χ0n) is 10.7. The summed E-state index contributed by atoms with van der Waals surface area (Å²) in [6, 6.07) is 5.39. The molecule has 1 N–H and O–H groups in total. The highest BCUT2D eigenvalue weighted by molar-refractivity contribution is 7.81. The molecule has 5 heteroatoms. The Balaban J connectivity index is 2.72. The summed E-state index contributed by atoms with van der Waals surface area (Å²) in [7, 11) is 1.58. The molecule has 0 heterocycles. The average molecular weight is 288 g/mol. The van der Waals surface area contributed by atoms with Crippen molar-refractivity contribution in [1.29, 1.82) is 0 Å². The van der Waals surface area contributed by atoms with Crippen LogP contribution in [0.4, 0.5) is 0 Å². The van der Waals surface area contributed by atoms with E-state index in [1.54, 1.807) is 13.2 Å². The second-order valence-electron chi connectivity index (χ2n) is 4.33. The topological polar surface area (TPSA) is 38.3 Å². The lowest BCUT2D eigenvalue weighted by Crippen LogP contribution is -2.34. The van der Waals surface area contributed by atoms with Crippen LogP contribution in [-0.2, 0) is 11.3 Å². The molecule has 1 unspecified atom stereocenters. The molecule has 0 spiro atoms. The Bertz CT molecular complexity index is 423. The monoisotopic (exact) mass is 287 g/mol. The Kier molecular flexibility index (Phi) is 5.82. The molecule has 0 aliphatic carbocycles. The molecule has 1 rings (SSSR count). The molecule has 1 amide bonds. The number of carbonyl (C=O) groups is 1. The first-order valence-corrected chi connectivity index (χ1v) is 6.64. The van der Waals surface area contributed by atoms with E-state index in [9.17, 15) is 4.79 Å². The number of benzene rings is 1. The van der Waals surface area contributed by atoms with Gasteiger partial charge in [0.1, 0.15) is 5.75 Å². The predicted molar refractivity (Wildman–Crippen MR) is 77.5 cm³/mol. The van der Waals surface area contributed by atoms with E-state index >= 15 is 0 Å². The maximum Gasteiger partial charge on any atom is 0.233 e. The number of nitrogens with one attached hydrogen (secondary N) is 1. The summed E-state index contributed by atoms with van der Waals surface area (Å²) in [4.78, 5) is 11.8. The Morgan fingerprint density at radius 2 is 2.17 bits per heavy atom. The van der Waals surface area contributed by atoms with Crippen molar-refractivity contribution in [2.75, 3.05) is 7.11 Å². The van der Waals surface area contributed by atoms with Gasteiger partial charge in [-0.25, -0.2) is 0 Å². The molecule has 0 aromatic heterocycles. The molecule has 1 aromatic rings. The summed E-state index contributed by atoms with van der Waals surface area (Å²) in [5, 5.41) is 3.07. The van der Waals surface area contributed by atoms with E-state index in [2.05, 4.69) is 17.9 Å². The minimum atomic E-state index is -0.321. The number of methoxy groups -OCH3 is 1. The highest BCUT2D eigenvalue weighted by Crippen LogP contribution is 2.26. The van der Waals surface area contributed by atoms with Crippen molar-refractivity contribution in [3.8, 4) is 5.75 Å². The SMILES string of the molecule is COc1cccc(Cl)c1CNC(=O)C(S)C(C)C. The molecular formula is C13H18ClNO2S. The Hall–Kier alpha value is -0.870. The van der Waals surface area contributed by atoms with Crippen LogP contribution in [0.1, 0.15) is 19.4 Å². The van der Waals surface area contributed by atoms with Crippen LogP contribution in [-0.4, -0.2) is 18.3 Å². The second-order valence-corrected chi connectivity index (χ2v) is 5.29. The van der Waals surface area contributed by atoms with Crippen LogP contribution in [0.15, 0.2) is 18.2 Å². The van der Waals surface area contributed by atoms with Gasteiger partial charge >= 0.3 is 0 Å². The lowest BCUT2D eigenvalue weighted by molar-refractivity contribution is -0.121. The smallest absolute Gasteiger partial charge is 0.233 e. The van der Waals surface area contributed by atoms with E-state index < -0.39 is 0 Å². The van der Waals surface area contributed by atoms with Gasteiger partial charge in [-0.1, -0.05) is 31.5 Å². The van der Waals surface area contributed by atoms with Gasteiger partial charge in [-0.15, -0.1) is 0 Å². The van der Waals surface area contributed by atoms with E-state index in [4.69, 9.17) is 16.3 Å². The summed E-state index contributed by atoms with van der Waals surface area (Å²) in [5.41, 5.74) is 0.777. The van der Waals surface area contributed by atoms with E-state index in [1.165, 1.54) is 0 Å². The van der Waals surface area contributed by atoms with Gasteiger partial charge in [-0.2, -0.15) is 12.6 Å². The van der Waals surface area contributed by atoms with E-state index in [1.807, 2.05) is 26.0 Å². The lowest BCUT2D eigenvalue weighted by atomic mass is 10.1. The van der Waals surface area contributed by atoms with Crippen molar-refractivity contribution in [3.63, 3.8) is 0 Å². The quantitative estimate of drug-likeness (QED) is 0.817. The largest absolute Gasteiger partial charge is 0.496 e. The van der Waals surface area contributed by atoms with Crippen molar-refractivity contribution in [1.82, 2.24) is 5.32 Å². The van der Waals surface area contributed by atoms with E-state index in [0.717, 1.165) is 5.56 Å². The summed E-state index contributed by atoms with van der Waals surface area (Å²) in [6.07, 6.45) is 0. The van der Waals surface area contributed by atoms with Gasteiger partial charge in [0.25, 0.3) is 0 Å². The van der Waals surface area contributed by atoms with E-state index in [0.29, 0.717) is 17.3 Å². The minimum Gasteiger partial charge on any atom is -0.496 e. The van der Waals surface area contributed by atoms with Crippen LogP contribution < -0.4 is 10.1 Å². The van der Waals surface area contributed by atoms with Gasteiger partial charge in [0.05, 0.1) is 12.4 Å². The van der Waals surface area contributed by atoms with Crippen molar-refractivity contribution in [3.05, 3.63) is 28.8 Å². The van der Waals surface area contributed by atoms with Crippen molar-refractivity contribution < 1.29 is 9.53 Å². The Morgan fingerprint density at radius 3 is 2.72 bits per heavy atom. The van der Waals surface area contributed by atoms with Gasteiger partial charge in [-0.05, 0) is 18.1 Å². The molecule has 0 radical (unpaired) electrons. The fraction of sp³-hybridized carbons (Fsp3) is 0.462. The molecule has 0 aliphatic heterocycles. The molecule has 1 atom stereocenters. The summed E-state index contributed by atoms with van der Waals surface area (Å²) in [5.74, 6) is 0.750. The van der Waals surface area contributed by atoms with Crippen molar-refractivity contribution in [2.45, 2.75) is 25.6 Å². The molecule has 100 valence electrons. The van der Waals surface area contributed by atoms with Crippen LogP contribution in [0.5, 0.6) is 5.75 Å². The van der Waals surface area contributed by atoms with Gasteiger partial charge in [0.2, 0.25) is 5.91 Å². The van der Waals surface area contributed by atoms with Crippen LogP contribution in [0, 0.1) is 5.92 Å². The number of halogens is 1. The standard InChI is InChI=1S/C13H18ClNO2S/c1-8(2)12(18)13(16)15-7-9-10(14)5-4-6-11(9)17-3/h4-6,8,12,18H,7H2,1-3H3,(H,15,16). The summed E-state index contributed by atoms with van der Waals surface area (Å²) >= 11 is 10.3. The molecule has 0 saturated carbocycles. The van der Waals surface area contributed by atoms with Crippen LogP contribution in [0.25, 0.3) is 0 Å². The van der Waals surface area contributed by atoms with Gasteiger partial charge < -0.3 is 10.1 Å². The van der Waals surface area contributed by atoms with Crippen molar-refractivity contribution >= 4 is 30.1 Å². The van der Waals surface area contributed by atoms with Gasteiger partial charge in [0, 0.05) is 17.1 Å². The molecular weight excluding hydrogens is 270 g/mol. The number of ether oxygens (including phenoxy) is 1. The van der Waals surface area contributed by atoms with Crippen LogP contribution >= 0.6 is 24.2 Å². The third kappa shape index (κ3) is 3.82. The fourth-order valence-corrected chi connectivity index (χ4v) is 1.81. The zero-order chi connectivity index (χ0) is 13.7. The Labute approximate surface area is 118 Å². The molecule has 0 saturated heterocycles. The van der Waals surface area contributed by atoms with Gasteiger partial charge in [-0.3, -0.25) is 4.79 Å². The fourth-order valence-electron chi connectivity index (χ4n) is 1.48. The third-order valence-electron chi connectivity index (χ3n) is 2.64. The predicted octanol–water partition coefficient (Wildman–Crippen LogP) is 2.92. The second kappa shape index (κ2) is 6.90. The summed E-state index contributed by atoms with van der Waals surface area (Å²) < 4.78 is 5.21. The number of hydrogen-bond donors (Lipinski definition) is 2. The van der Waals surface area contributed by atoms with Crippen molar-refractivity contribution in [2.24, 2.45) is 5.92 Å². The minimum absolute atomic E-state index is 0.102. The number of rotatable bonds is 5. The van der Waals surface area contributed by atoms with E-state index in [-0.39, 0.29) is 17.1 Å². The average Bonchev–Trinajstić information content (AvgIpc) is 2.35. The molecule has 0 aliphatic rings. The molecule has 18 heavy (non-hydrogen) atoms. The number of hydrogen-bond acceptors (Lipinski definition) is 3. The maximum absolute atomic E-state index is 11.8. The molecule has 0 bridgehead atoms. The molecule has 1 aromatic carbocycles. The third-order valence-corrected chi connectivity index (χ3v) is 3.82. The lowest BCUT2D eigenvalue weighted by Gasteiger charge is -2.16. The number of thiol groups is 1. The maximum atomic E-state index is 11.8. The van der Waals surface area contributed by atoms with Gasteiger partial charge in [0.15, 0.2) is 0 Å². The van der Waals surface area contributed by atoms with Crippen LogP contribution in [0.2, 0.25) is 5.02 Å². The molecule has 0 fully saturated rings. The normalized spacial score (nSPS) is 12.3. The first-order valence-electron chi connectivity index (χ1n) is 5.74. The Morgan fingerprint density at radius 1 is 1.50 bits per heavy atom. The first-order chi connectivity index (χ1) is 8.47. The number of carbonyl (C=O) groups excluding carboxylic acids is 1. The number of amides is 1. The van der Waals surface area contributed by atoms with Crippen LogP contribution in [0.3, 0.4) is 0 Å². The summed E-state index contributed by atoms with van der Waals surface area (Å²) in [6.45, 7) is 4.24.